The molecule has 0 fully saturated rings. The van der Waals surface area contributed by atoms with E-state index in [-0.39, 0.29) is 46.4 Å². The molecule has 1 aliphatic rings. The minimum absolute atomic E-state index is 0.0147. The summed E-state index contributed by atoms with van der Waals surface area (Å²) in [5.41, 5.74) is 2.83. The number of carbonyl (C=O) groups is 3. The van der Waals surface area contributed by atoms with Crippen LogP contribution in [0.4, 0.5) is 0 Å². The lowest BCUT2D eigenvalue weighted by molar-refractivity contribution is 0.0979. The van der Waals surface area contributed by atoms with E-state index in [1.807, 2.05) is 19.9 Å². The zero-order valence-electron chi connectivity index (χ0n) is 21.5. The highest BCUT2D eigenvalue weighted by atomic mass is 16.2. The van der Waals surface area contributed by atoms with Gasteiger partial charge in [0.25, 0.3) is 5.56 Å². The van der Waals surface area contributed by atoms with Crippen LogP contribution < -0.4 is 11.2 Å². The Labute approximate surface area is 218 Å². The van der Waals surface area contributed by atoms with E-state index in [1.165, 1.54) is 0 Å². The summed E-state index contributed by atoms with van der Waals surface area (Å²) in [6, 6.07) is 16.8. The van der Waals surface area contributed by atoms with Gasteiger partial charge in [-0.15, -0.1) is 0 Å². The van der Waals surface area contributed by atoms with E-state index in [9.17, 15) is 24.0 Å². The second-order valence-electron chi connectivity index (χ2n) is 10.1. The maximum absolute atomic E-state index is 13.6. The molecule has 0 bridgehead atoms. The first-order valence-corrected chi connectivity index (χ1v) is 12.4. The third-order valence-corrected chi connectivity index (χ3v) is 6.84. The molecule has 0 unspecified atom stereocenters. The van der Waals surface area contributed by atoms with E-state index in [2.05, 4.69) is 4.98 Å². The third kappa shape index (κ3) is 4.16. The molecule has 1 heterocycles. The van der Waals surface area contributed by atoms with E-state index in [1.54, 1.807) is 68.4 Å². The average Bonchev–Trinajstić information content (AvgIpc) is 2.88. The lowest BCUT2D eigenvalue weighted by atomic mass is 9.83. The van der Waals surface area contributed by atoms with Crippen molar-refractivity contribution in [3.8, 4) is 0 Å². The molecule has 4 aromatic rings. The monoisotopic (exact) mass is 506 g/mol. The number of benzene rings is 3. The highest BCUT2D eigenvalue weighted by Crippen LogP contribution is 2.28. The Morgan fingerprint density at radius 3 is 1.97 bits per heavy atom. The van der Waals surface area contributed by atoms with E-state index < -0.39 is 17.0 Å². The van der Waals surface area contributed by atoms with Gasteiger partial charge in [-0.1, -0.05) is 61.4 Å². The van der Waals surface area contributed by atoms with Gasteiger partial charge >= 0.3 is 5.69 Å². The normalized spacial score (nSPS) is 12.4. The van der Waals surface area contributed by atoms with Crippen molar-refractivity contribution >= 4 is 17.3 Å². The van der Waals surface area contributed by atoms with Crippen LogP contribution in [-0.4, -0.2) is 26.9 Å². The Bertz CT molecular complexity index is 1770. The number of rotatable bonds is 5. The number of fused-ring (bicyclic) bond motifs is 2. The molecule has 0 saturated carbocycles. The highest BCUT2D eigenvalue weighted by molar-refractivity contribution is 6.28. The van der Waals surface area contributed by atoms with Gasteiger partial charge in [0.15, 0.2) is 11.6 Å². The Hall–Kier alpha value is -4.65. The summed E-state index contributed by atoms with van der Waals surface area (Å²) in [6.45, 7) is 7.21. The van der Waals surface area contributed by atoms with E-state index in [0.717, 1.165) is 15.7 Å². The molecule has 7 heteroatoms. The Morgan fingerprint density at radius 1 is 0.789 bits per heavy atom. The topological polar surface area (TPSA) is 106 Å². The van der Waals surface area contributed by atoms with Crippen molar-refractivity contribution in [3.05, 3.63) is 137 Å². The van der Waals surface area contributed by atoms with Gasteiger partial charge in [-0.05, 0) is 49.6 Å². The summed E-state index contributed by atoms with van der Waals surface area (Å²) in [5, 5.41) is 0. The molecular formula is C31H26N2O5. The molecule has 190 valence electrons. The average molecular weight is 507 g/mol. The lowest BCUT2D eigenvalue weighted by Crippen LogP contribution is -2.40. The van der Waals surface area contributed by atoms with Crippen LogP contribution in [0.1, 0.15) is 89.9 Å². The largest absolute Gasteiger partial charge is 0.329 e. The first kappa shape index (κ1) is 25.0. The molecule has 0 saturated heterocycles. The minimum atomic E-state index is -0.724. The molecule has 38 heavy (non-hydrogen) atoms. The van der Waals surface area contributed by atoms with E-state index >= 15 is 0 Å². The zero-order chi connectivity index (χ0) is 27.3. The lowest BCUT2D eigenvalue weighted by Gasteiger charge is -2.18. The minimum Gasteiger partial charge on any atom is -0.303 e. The number of nitrogens with zero attached hydrogens (tertiary/aromatic N) is 1. The predicted octanol–water partition coefficient (Wildman–Crippen LogP) is 4.33. The van der Waals surface area contributed by atoms with Crippen molar-refractivity contribution in [3.63, 3.8) is 0 Å². The van der Waals surface area contributed by atoms with Gasteiger partial charge in [0.2, 0.25) is 5.78 Å². The first-order chi connectivity index (χ1) is 18.1. The number of H-pyrrole nitrogens is 1. The molecule has 1 aliphatic carbocycles. The maximum atomic E-state index is 13.6. The Kier molecular flexibility index (Phi) is 6.15. The third-order valence-electron chi connectivity index (χ3n) is 6.84. The molecule has 0 atom stereocenters. The number of hydrogen-bond donors (Lipinski definition) is 1. The summed E-state index contributed by atoms with van der Waals surface area (Å²) in [7, 11) is 0. The number of aromatic amines is 1. The van der Waals surface area contributed by atoms with Gasteiger partial charge in [0.1, 0.15) is 0 Å². The first-order valence-electron chi connectivity index (χ1n) is 12.4. The maximum Gasteiger partial charge on any atom is 0.329 e. The van der Waals surface area contributed by atoms with Crippen LogP contribution in [0.25, 0.3) is 0 Å². The van der Waals surface area contributed by atoms with Crippen LogP contribution in [0.2, 0.25) is 0 Å². The molecule has 1 aromatic heterocycles. The summed E-state index contributed by atoms with van der Waals surface area (Å²) in [4.78, 5) is 68.7. The molecule has 1 N–H and O–H groups in total. The van der Waals surface area contributed by atoms with Gasteiger partial charge in [-0.3, -0.25) is 23.7 Å². The van der Waals surface area contributed by atoms with E-state index in [4.69, 9.17) is 0 Å². The van der Waals surface area contributed by atoms with Crippen molar-refractivity contribution < 1.29 is 14.4 Å². The molecule has 0 radical (unpaired) electrons. The number of nitrogens with one attached hydrogen (secondary N) is 1. The van der Waals surface area contributed by atoms with Crippen LogP contribution in [0.15, 0.2) is 70.3 Å². The summed E-state index contributed by atoms with van der Waals surface area (Å²) >= 11 is 0. The van der Waals surface area contributed by atoms with E-state index in [0.29, 0.717) is 22.3 Å². The predicted molar refractivity (Wildman–Crippen MR) is 144 cm³/mol. The SMILES string of the molecule is Cc1cc(C)cc(C(=O)c2[nH]c(=O)n(Cc3ccc4c(c3)C(=O)c3ccccc3C4=O)c(=O)c2C(C)C)c1. The fourth-order valence-electron chi connectivity index (χ4n) is 5.12. The summed E-state index contributed by atoms with van der Waals surface area (Å²) in [5.74, 6) is -1.28. The van der Waals surface area contributed by atoms with Crippen LogP contribution in [-0.2, 0) is 6.54 Å². The molecule has 3 aromatic carbocycles. The smallest absolute Gasteiger partial charge is 0.303 e. The fraction of sp³-hybridized carbons (Fsp3) is 0.194. The van der Waals surface area contributed by atoms with Crippen LogP contribution in [0, 0.1) is 13.8 Å². The molecule has 5 rings (SSSR count). The highest BCUT2D eigenvalue weighted by Gasteiger charge is 2.30. The zero-order valence-corrected chi connectivity index (χ0v) is 21.5. The molecule has 7 nitrogen and oxygen atoms in total. The van der Waals surface area contributed by atoms with Crippen molar-refractivity contribution in [2.45, 2.75) is 40.2 Å². The number of carbonyl (C=O) groups excluding carboxylic acids is 3. The second-order valence-corrected chi connectivity index (χ2v) is 10.1. The van der Waals surface area contributed by atoms with Crippen LogP contribution in [0.3, 0.4) is 0 Å². The van der Waals surface area contributed by atoms with Crippen LogP contribution in [0.5, 0.6) is 0 Å². The molecule has 0 spiro atoms. The Morgan fingerprint density at radius 2 is 1.37 bits per heavy atom. The van der Waals surface area contributed by atoms with Gasteiger partial charge in [-0.2, -0.15) is 0 Å². The van der Waals surface area contributed by atoms with Crippen molar-refractivity contribution in [2.24, 2.45) is 0 Å². The Balaban J connectivity index is 1.57. The summed E-state index contributed by atoms with van der Waals surface area (Å²) < 4.78 is 1.03. The van der Waals surface area contributed by atoms with Gasteiger partial charge in [0, 0.05) is 33.4 Å². The van der Waals surface area contributed by atoms with Crippen molar-refractivity contribution in [1.82, 2.24) is 9.55 Å². The number of hydrogen-bond acceptors (Lipinski definition) is 5. The van der Waals surface area contributed by atoms with Crippen molar-refractivity contribution in [1.29, 1.82) is 0 Å². The molecule has 0 amide bonds. The van der Waals surface area contributed by atoms with Crippen molar-refractivity contribution in [2.75, 3.05) is 0 Å². The molecule has 0 aliphatic heterocycles. The van der Waals surface area contributed by atoms with Gasteiger partial charge < -0.3 is 4.98 Å². The number of aromatic nitrogens is 2. The standard InChI is InChI=1S/C31H26N2O5/c1-16(2)25-26(27(34)20-12-17(3)11-18(4)13-20)32-31(38)33(30(25)37)15-19-9-10-23-24(14-19)29(36)22-8-6-5-7-21(22)28(23)35/h5-14,16H,15H2,1-4H3,(H,32,38). The number of ketones is 3. The second kappa shape index (κ2) is 9.34. The fourth-order valence-corrected chi connectivity index (χ4v) is 5.12. The van der Waals surface area contributed by atoms with Gasteiger partial charge in [-0.25, -0.2) is 4.79 Å². The quantitative estimate of drug-likeness (QED) is 0.357. The summed E-state index contributed by atoms with van der Waals surface area (Å²) in [6.07, 6.45) is 0. The van der Waals surface area contributed by atoms with Gasteiger partial charge in [0.05, 0.1) is 12.2 Å². The number of aryl methyl sites for hydroxylation is 2. The molecular weight excluding hydrogens is 480 g/mol. The van der Waals surface area contributed by atoms with Crippen LogP contribution >= 0.6 is 0 Å².